The van der Waals surface area contributed by atoms with E-state index in [1.54, 1.807) is 24.3 Å². The van der Waals surface area contributed by atoms with Gasteiger partial charge in [-0.05, 0) is 36.4 Å². The van der Waals surface area contributed by atoms with E-state index in [0.717, 1.165) is 0 Å². The topological polar surface area (TPSA) is 72.8 Å². The molecule has 2 rings (SSSR count). The molecule has 2 aromatic rings. The van der Waals surface area contributed by atoms with Crippen LogP contribution in [0.5, 0.6) is 17.4 Å². The summed E-state index contributed by atoms with van der Waals surface area (Å²) in [6.07, 6.45) is 3.13. The molecule has 0 unspecified atom stereocenters. The number of carbonyl (C=O) groups is 1. The molecule has 1 aromatic heterocycles. The number of aliphatic imine (C=N–C) groups is 1. The summed E-state index contributed by atoms with van der Waals surface area (Å²) in [7, 11) is 0. The molecule has 1 N–H and O–H groups in total. The van der Waals surface area contributed by atoms with Gasteiger partial charge in [-0.2, -0.15) is 8.78 Å². The Morgan fingerprint density at radius 1 is 1.23 bits per heavy atom. The Hall–Kier alpha value is -3.03. The van der Waals surface area contributed by atoms with E-state index in [1.165, 1.54) is 24.7 Å². The molecule has 6 nitrogen and oxygen atoms in total. The van der Waals surface area contributed by atoms with Crippen molar-refractivity contribution in [3.8, 4) is 17.4 Å². The van der Waals surface area contributed by atoms with E-state index in [0.29, 0.717) is 17.8 Å². The van der Waals surface area contributed by atoms with E-state index < -0.39 is 6.61 Å². The number of nitrogens with zero attached hydrogens (tertiary/aromatic N) is 2. The van der Waals surface area contributed by atoms with Crippen molar-refractivity contribution in [2.24, 2.45) is 4.99 Å². The summed E-state index contributed by atoms with van der Waals surface area (Å²) in [5.41, 5.74) is 0.576. The molecule has 0 aliphatic carbocycles. The van der Waals surface area contributed by atoms with Crippen molar-refractivity contribution in [3.63, 3.8) is 0 Å². The zero-order valence-corrected chi connectivity index (χ0v) is 11.1. The minimum absolute atomic E-state index is 0.0679. The number of carbonyl (C=O) groups excluding carboxylic acids is 1. The second kappa shape index (κ2) is 7.67. The molecule has 0 saturated carbocycles. The molecule has 0 fully saturated rings. The zero-order valence-electron chi connectivity index (χ0n) is 11.1. The summed E-state index contributed by atoms with van der Waals surface area (Å²) in [5.74, 6) is 0.150. The highest BCUT2D eigenvalue weighted by Gasteiger charge is 2.12. The molecular formula is C14H11F2N3O3. The number of hydrogen-bond donors (Lipinski definition) is 1. The van der Waals surface area contributed by atoms with Crippen LogP contribution in [-0.2, 0) is 4.79 Å². The first-order chi connectivity index (χ1) is 10.7. The van der Waals surface area contributed by atoms with Crippen LogP contribution in [0.1, 0.15) is 0 Å². The van der Waals surface area contributed by atoms with Crippen molar-refractivity contribution < 1.29 is 23.0 Å². The maximum Gasteiger partial charge on any atom is 0.387 e. The number of benzene rings is 1. The Bertz CT molecular complexity index is 648. The molecule has 0 saturated heterocycles. The van der Waals surface area contributed by atoms with Gasteiger partial charge in [-0.25, -0.2) is 9.98 Å². The normalized spacial score (nSPS) is 10.7. The maximum absolute atomic E-state index is 12.3. The smallest absolute Gasteiger partial charge is 0.387 e. The molecule has 0 aliphatic rings. The summed E-state index contributed by atoms with van der Waals surface area (Å²) >= 11 is 0. The molecule has 8 heteroatoms. The maximum atomic E-state index is 12.3. The van der Waals surface area contributed by atoms with Gasteiger partial charge in [0.2, 0.25) is 6.41 Å². The lowest BCUT2D eigenvalue weighted by atomic mass is 10.3. The van der Waals surface area contributed by atoms with Crippen LogP contribution in [0.4, 0.5) is 14.5 Å². The predicted octanol–water partition coefficient (Wildman–Crippen LogP) is 2.88. The van der Waals surface area contributed by atoms with Gasteiger partial charge in [0.05, 0.1) is 12.0 Å². The molecule has 0 spiro atoms. The molecule has 0 bridgehead atoms. The van der Waals surface area contributed by atoms with Crippen LogP contribution in [0, 0.1) is 0 Å². The second-order valence-corrected chi connectivity index (χ2v) is 3.82. The quantitative estimate of drug-likeness (QED) is 0.485. The summed E-state index contributed by atoms with van der Waals surface area (Å²) in [6.45, 7) is -2.96. The van der Waals surface area contributed by atoms with E-state index in [1.807, 2.05) is 0 Å². The van der Waals surface area contributed by atoms with Gasteiger partial charge in [0.1, 0.15) is 5.75 Å². The first-order valence-electron chi connectivity index (χ1n) is 6.09. The van der Waals surface area contributed by atoms with Crippen LogP contribution >= 0.6 is 0 Å². The van der Waals surface area contributed by atoms with Crippen LogP contribution in [0.3, 0.4) is 0 Å². The summed E-state index contributed by atoms with van der Waals surface area (Å²) < 4.78 is 34.3. The lowest BCUT2D eigenvalue weighted by Crippen LogP contribution is -2.05. The number of pyridine rings is 1. The van der Waals surface area contributed by atoms with Crippen molar-refractivity contribution in [1.82, 2.24) is 10.3 Å². The van der Waals surface area contributed by atoms with Gasteiger partial charge in [0.25, 0.3) is 5.88 Å². The third-order valence-corrected chi connectivity index (χ3v) is 2.36. The van der Waals surface area contributed by atoms with Gasteiger partial charge in [-0.1, -0.05) is 0 Å². The average Bonchev–Trinajstić information content (AvgIpc) is 2.51. The lowest BCUT2D eigenvalue weighted by molar-refractivity contribution is -0.108. The standard InChI is InChI=1S/C14H11F2N3O3/c15-14(16)22-12-2-1-7-18-13(12)21-11-5-3-10(4-6-11)19-8-17-9-20/h1-9,14H,(H,17,19,20). The van der Waals surface area contributed by atoms with Crippen LogP contribution in [0.25, 0.3) is 0 Å². The third kappa shape index (κ3) is 4.51. The summed E-state index contributed by atoms with van der Waals surface area (Å²) in [6, 6.07) is 9.19. The Morgan fingerprint density at radius 2 is 2.00 bits per heavy atom. The van der Waals surface area contributed by atoms with Gasteiger partial charge in [0, 0.05) is 6.20 Å². The molecule has 114 valence electrons. The van der Waals surface area contributed by atoms with Gasteiger partial charge in [-0.3, -0.25) is 4.79 Å². The third-order valence-electron chi connectivity index (χ3n) is 2.36. The fourth-order valence-corrected chi connectivity index (χ4v) is 1.49. The highest BCUT2D eigenvalue weighted by Crippen LogP contribution is 2.30. The largest absolute Gasteiger partial charge is 0.436 e. The highest BCUT2D eigenvalue weighted by atomic mass is 19.3. The molecule has 22 heavy (non-hydrogen) atoms. The molecule has 1 heterocycles. The number of ether oxygens (including phenoxy) is 2. The van der Waals surface area contributed by atoms with Crippen molar-refractivity contribution in [1.29, 1.82) is 0 Å². The van der Waals surface area contributed by atoms with E-state index in [4.69, 9.17) is 4.74 Å². The number of nitrogens with one attached hydrogen (secondary N) is 1. The van der Waals surface area contributed by atoms with E-state index >= 15 is 0 Å². The van der Waals surface area contributed by atoms with E-state index in [-0.39, 0.29) is 11.6 Å². The van der Waals surface area contributed by atoms with Crippen LogP contribution < -0.4 is 14.8 Å². The minimum Gasteiger partial charge on any atom is -0.436 e. The van der Waals surface area contributed by atoms with Crippen molar-refractivity contribution in [3.05, 3.63) is 42.6 Å². The van der Waals surface area contributed by atoms with Crippen molar-refractivity contribution >= 4 is 18.4 Å². The molecule has 1 aromatic carbocycles. The molecular weight excluding hydrogens is 296 g/mol. The first-order valence-corrected chi connectivity index (χ1v) is 6.09. The lowest BCUT2D eigenvalue weighted by Gasteiger charge is -2.10. The second-order valence-electron chi connectivity index (χ2n) is 3.82. The number of halogens is 2. The Kier molecular flexibility index (Phi) is 5.36. The van der Waals surface area contributed by atoms with E-state index in [9.17, 15) is 13.6 Å². The fraction of sp³-hybridized carbons (Fsp3) is 0.0714. The number of rotatable bonds is 7. The molecule has 0 radical (unpaired) electrons. The predicted molar refractivity (Wildman–Crippen MR) is 74.7 cm³/mol. The molecule has 0 aliphatic heterocycles. The van der Waals surface area contributed by atoms with Crippen molar-refractivity contribution in [2.45, 2.75) is 6.61 Å². The van der Waals surface area contributed by atoms with Crippen LogP contribution in [-0.4, -0.2) is 24.3 Å². The monoisotopic (exact) mass is 307 g/mol. The fourth-order valence-electron chi connectivity index (χ4n) is 1.49. The summed E-state index contributed by atoms with van der Waals surface area (Å²) in [4.78, 5) is 17.9. The number of alkyl halides is 2. The van der Waals surface area contributed by atoms with Gasteiger partial charge in [0.15, 0.2) is 5.75 Å². The summed E-state index contributed by atoms with van der Waals surface area (Å²) in [5, 5.41) is 2.28. The van der Waals surface area contributed by atoms with Crippen LogP contribution in [0.2, 0.25) is 0 Å². The number of amides is 1. The number of hydrogen-bond acceptors (Lipinski definition) is 5. The van der Waals surface area contributed by atoms with Gasteiger partial charge < -0.3 is 14.8 Å². The molecule has 1 amide bonds. The van der Waals surface area contributed by atoms with Crippen LogP contribution in [0.15, 0.2) is 47.6 Å². The SMILES string of the molecule is O=CNC=Nc1ccc(Oc2ncccc2OC(F)F)cc1. The average molecular weight is 307 g/mol. The Labute approximate surface area is 124 Å². The Morgan fingerprint density at radius 3 is 2.68 bits per heavy atom. The van der Waals surface area contributed by atoms with Crippen molar-refractivity contribution in [2.75, 3.05) is 0 Å². The Balaban J connectivity index is 2.09. The van der Waals surface area contributed by atoms with Gasteiger partial charge in [-0.15, -0.1) is 0 Å². The number of aromatic nitrogens is 1. The highest BCUT2D eigenvalue weighted by molar-refractivity contribution is 5.73. The first kappa shape index (κ1) is 15.4. The van der Waals surface area contributed by atoms with Gasteiger partial charge >= 0.3 is 6.61 Å². The minimum atomic E-state index is -2.96. The zero-order chi connectivity index (χ0) is 15.8. The van der Waals surface area contributed by atoms with E-state index in [2.05, 4.69) is 20.0 Å². The molecule has 0 atom stereocenters.